The topological polar surface area (TPSA) is 9.23 Å². The van der Waals surface area contributed by atoms with Gasteiger partial charge in [-0.05, 0) is 31.6 Å². The van der Waals surface area contributed by atoms with Crippen LogP contribution in [0, 0.1) is 0 Å². The van der Waals surface area contributed by atoms with E-state index < -0.39 is 44.8 Å². The van der Waals surface area contributed by atoms with E-state index in [-0.39, 0.29) is 14.9 Å². The fourth-order valence-electron chi connectivity index (χ4n) is 3.87. The van der Waals surface area contributed by atoms with Crippen molar-refractivity contribution in [1.29, 1.82) is 0 Å². The molecule has 1 nitrogen and oxygen atoms in total. The van der Waals surface area contributed by atoms with Gasteiger partial charge in [0.25, 0.3) is 0 Å². The molecule has 0 aromatic rings. The molecule has 2 aliphatic carbocycles. The van der Waals surface area contributed by atoms with Crippen LogP contribution < -0.4 is 0 Å². The molecule has 0 saturated heterocycles. The summed E-state index contributed by atoms with van der Waals surface area (Å²) in [5.41, 5.74) is -4.99. The third kappa shape index (κ3) is 1.66. The Morgan fingerprint density at radius 1 is 0.880 bits per heavy atom. The molecule has 0 spiro atoms. The van der Waals surface area contributed by atoms with Crippen LogP contribution in [0.25, 0.3) is 0 Å². The highest BCUT2D eigenvalue weighted by Crippen LogP contribution is 2.72. The van der Waals surface area contributed by atoms with Crippen molar-refractivity contribution >= 4 is 37.0 Å². The number of hydrogen-bond acceptors (Lipinski definition) is 4. The van der Waals surface area contributed by atoms with E-state index in [4.69, 9.17) is 4.74 Å². The number of hydrogen-bond donors (Lipinski definition) is 2. The monoisotopic (exact) mass is 416 g/mol. The number of halogens is 6. The second kappa shape index (κ2) is 4.44. The molecule has 2 aliphatic heterocycles. The molecule has 0 N–H and O–H groups in total. The van der Waals surface area contributed by atoms with E-state index in [0.29, 0.717) is 0 Å². The minimum atomic E-state index is -5.55. The largest absolute Gasteiger partial charge is 0.475 e. The van der Waals surface area contributed by atoms with Gasteiger partial charge in [-0.15, -0.1) is 37.0 Å². The third-order valence-electron chi connectivity index (χ3n) is 5.30. The van der Waals surface area contributed by atoms with Gasteiger partial charge in [-0.25, -0.2) is 0 Å². The summed E-state index contributed by atoms with van der Waals surface area (Å²) in [6.45, 7) is 2.89. The Bertz CT molecular complexity index is 787. The normalized spacial score (nSPS) is 39.6. The highest BCUT2D eigenvalue weighted by Gasteiger charge is 2.84. The number of alkyl halides is 6. The highest BCUT2D eigenvalue weighted by molar-refractivity contribution is 8.16. The molecular formula is C15H10F6OS3. The molecule has 0 aromatic heterocycles. The van der Waals surface area contributed by atoms with Crippen LogP contribution in [0.5, 0.6) is 0 Å². The maximum Gasteiger partial charge on any atom is 0.380 e. The van der Waals surface area contributed by atoms with Gasteiger partial charge in [0.2, 0.25) is 0 Å². The summed E-state index contributed by atoms with van der Waals surface area (Å²) in [4.78, 5) is 0. The van der Waals surface area contributed by atoms with Gasteiger partial charge in [0.15, 0.2) is 10.7 Å². The van der Waals surface area contributed by atoms with Gasteiger partial charge >= 0.3 is 17.8 Å². The summed E-state index contributed by atoms with van der Waals surface area (Å²) < 4.78 is 90.6. The Morgan fingerprint density at radius 2 is 1.40 bits per heavy atom. The Morgan fingerprint density at radius 3 is 1.96 bits per heavy atom. The summed E-state index contributed by atoms with van der Waals surface area (Å²) in [5.74, 6) is -15.6. The van der Waals surface area contributed by atoms with E-state index in [0.717, 1.165) is 23.9 Å². The van der Waals surface area contributed by atoms with E-state index in [2.05, 4.69) is 25.3 Å². The van der Waals surface area contributed by atoms with Crippen LogP contribution >= 0.6 is 37.0 Å². The Kier molecular flexibility index (Phi) is 3.16. The van der Waals surface area contributed by atoms with E-state index in [1.54, 1.807) is 0 Å². The lowest BCUT2D eigenvalue weighted by molar-refractivity contribution is -0.258. The number of fused-ring (bicyclic) bond motifs is 4. The average molecular weight is 416 g/mol. The highest BCUT2D eigenvalue weighted by atomic mass is 32.2. The van der Waals surface area contributed by atoms with E-state index in [9.17, 15) is 26.3 Å². The predicted molar refractivity (Wildman–Crippen MR) is 88.5 cm³/mol. The Balaban J connectivity index is 2.20. The molecule has 0 radical (unpaired) electrons. The summed E-state index contributed by atoms with van der Waals surface area (Å²) in [6, 6.07) is 0. The van der Waals surface area contributed by atoms with Crippen LogP contribution in [0.3, 0.4) is 0 Å². The zero-order valence-corrected chi connectivity index (χ0v) is 15.2. The molecule has 136 valence electrons. The van der Waals surface area contributed by atoms with Crippen molar-refractivity contribution in [3.8, 4) is 0 Å². The first-order valence-corrected chi connectivity index (χ1v) is 8.76. The predicted octanol–water partition coefficient (Wildman–Crippen LogP) is 5.35. The zero-order chi connectivity index (χ0) is 18.8. The van der Waals surface area contributed by atoms with Crippen LogP contribution in [0.15, 0.2) is 43.8 Å². The molecule has 2 unspecified atom stereocenters. The number of thiol groups is 2. The second-order valence-corrected chi connectivity index (χ2v) is 9.22. The maximum absolute atomic E-state index is 14.5. The smallest absolute Gasteiger partial charge is 0.380 e. The SMILES string of the molecule is CC12OC(S)=CC1=C1C(=C3C=C(S)SC32C)C(F)(F)C(F)(F)C1(F)F. The van der Waals surface area contributed by atoms with Gasteiger partial charge in [-0.1, -0.05) is 0 Å². The van der Waals surface area contributed by atoms with Crippen molar-refractivity contribution in [3.05, 3.63) is 43.8 Å². The first kappa shape index (κ1) is 17.8. The quantitative estimate of drug-likeness (QED) is 0.407. The molecule has 1 fully saturated rings. The van der Waals surface area contributed by atoms with Crippen molar-refractivity contribution in [2.75, 3.05) is 0 Å². The minimum absolute atomic E-state index is 0.102. The number of rotatable bonds is 0. The van der Waals surface area contributed by atoms with Gasteiger partial charge < -0.3 is 4.74 Å². The van der Waals surface area contributed by atoms with Gasteiger partial charge in [0.1, 0.15) is 0 Å². The van der Waals surface area contributed by atoms with Crippen molar-refractivity contribution in [2.45, 2.75) is 42.0 Å². The van der Waals surface area contributed by atoms with E-state index in [1.807, 2.05) is 0 Å². The van der Waals surface area contributed by atoms with Crippen LogP contribution in [-0.2, 0) is 4.74 Å². The number of allylic oxidation sites excluding steroid dienone is 3. The van der Waals surface area contributed by atoms with Gasteiger partial charge in [-0.3, -0.25) is 0 Å². The van der Waals surface area contributed by atoms with E-state index in [1.165, 1.54) is 13.8 Å². The molecule has 0 bridgehead atoms. The molecular weight excluding hydrogens is 406 g/mol. The molecule has 2 atom stereocenters. The fraction of sp³-hybridized carbons (Fsp3) is 0.467. The van der Waals surface area contributed by atoms with Crippen LogP contribution in [0.2, 0.25) is 0 Å². The van der Waals surface area contributed by atoms with Gasteiger partial charge in [0.05, 0.1) is 4.75 Å². The standard InChI is InChI=1S/C15H10F6OS3/c1-11-5(3-7(23)22-11)9-10(6-4-8(24)25-12(6,11)2)14(18,19)15(20,21)13(9,16)17/h3-4,23-24H,1-2H3. The van der Waals surface area contributed by atoms with Crippen molar-refractivity contribution in [2.24, 2.45) is 0 Å². The first-order chi connectivity index (χ1) is 11.2. The van der Waals surface area contributed by atoms with Crippen molar-refractivity contribution in [1.82, 2.24) is 0 Å². The minimum Gasteiger partial charge on any atom is -0.475 e. The molecule has 0 aromatic carbocycles. The lowest BCUT2D eigenvalue weighted by atomic mass is 9.69. The lowest BCUT2D eigenvalue weighted by Gasteiger charge is -2.46. The summed E-state index contributed by atoms with van der Waals surface area (Å²) in [7, 11) is 0. The summed E-state index contributed by atoms with van der Waals surface area (Å²) in [6.07, 6.45) is 2.15. The molecule has 2 heterocycles. The van der Waals surface area contributed by atoms with E-state index >= 15 is 0 Å². The number of ether oxygens (including phenoxy) is 1. The van der Waals surface area contributed by atoms with Gasteiger partial charge in [0, 0.05) is 21.0 Å². The van der Waals surface area contributed by atoms with Crippen molar-refractivity contribution < 1.29 is 31.1 Å². The molecule has 4 rings (SSSR count). The fourth-order valence-corrected chi connectivity index (χ4v) is 6.07. The second-order valence-electron chi connectivity index (χ2n) is 6.54. The summed E-state index contributed by atoms with van der Waals surface area (Å²) in [5, 5.41) is -0.102. The molecule has 25 heavy (non-hydrogen) atoms. The number of thioether (sulfide) groups is 1. The van der Waals surface area contributed by atoms with Gasteiger partial charge in [-0.2, -0.15) is 26.3 Å². The Labute approximate surface area is 154 Å². The average Bonchev–Trinajstić information content (AvgIpc) is 2.95. The van der Waals surface area contributed by atoms with Crippen LogP contribution in [0.4, 0.5) is 26.3 Å². The molecule has 4 aliphatic rings. The first-order valence-electron chi connectivity index (χ1n) is 7.05. The van der Waals surface area contributed by atoms with Crippen LogP contribution in [0.1, 0.15) is 13.8 Å². The van der Waals surface area contributed by atoms with Crippen molar-refractivity contribution in [3.63, 3.8) is 0 Å². The lowest BCUT2D eigenvalue weighted by Crippen LogP contribution is -2.52. The van der Waals surface area contributed by atoms with Crippen LogP contribution in [-0.4, -0.2) is 28.1 Å². The molecule has 1 saturated carbocycles. The summed E-state index contributed by atoms with van der Waals surface area (Å²) >= 11 is 9.10. The maximum atomic E-state index is 14.5. The Hall–Kier alpha value is -0.610. The molecule has 0 amide bonds. The zero-order valence-electron chi connectivity index (χ0n) is 12.6. The molecule has 10 heteroatoms. The third-order valence-corrected chi connectivity index (χ3v) is 7.26.